The summed E-state index contributed by atoms with van der Waals surface area (Å²) < 4.78 is 5.00. The fourth-order valence-electron chi connectivity index (χ4n) is 2.72. The molecule has 0 spiro atoms. The number of hydrogen-bond acceptors (Lipinski definition) is 3. The number of esters is 1. The van der Waals surface area contributed by atoms with Crippen LogP contribution in [0.25, 0.3) is 0 Å². The van der Waals surface area contributed by atoms with Gasteiger partial charge < -0.3 is 9.84 Å². The van der Waals surface area contributed by atoms with E-state index in [1.54, 1.807) is 6.92 Å². The maximum atomic E-state index is 11.8. The van der Waals surface area contributed by atoms with Crippen LogP contribution in [0.4, 0.5) is 0 Å². The molecule has 0 aromatic carbocycles. The van der Waals surface area contributed by atoms with Crippen LogP contribution in [0, 0.1) is 11.8 Å². The highest BCUT2D eigenvalue weighted by Crippen LogP contribution is 2.38. The normalized spacial score (nSPS) is 29.5. The van der Waals surface area contributed by atoms with Crippen molar-refractivity contribution in [2.24, 2.45) is 11.8 Å². The Kier molecular flexibility index (Phi) is 4.78. The van der Waals surface area contributed by atoms with E-state index >= 15 is 0 Å². The highest BCUT2D eigenvalue weighted by Gasteiger charge is 2.44. The van der Waals surface area contributed by atoms with Crippen LogP contribution in [-0.4, -0.2) is 23.3 Å². The van der Waals surface area contributed by atoms with Crippen molar-refractivity contribution in [2.75, 3.05) is 6.61 Å². The first kappa shape index (κ1) is 13.5. The number of hydrogen-bond donors (Lipinski definition) is 1. The quantitative estimate of drug-likeness (QED) is 0.752. The number of aliphatic hydroxyl groups is 1. The van der Waals surface area contributed by atoms with Crippen molar-refractivity contribution in [3.8, 4) is 0 Å². The number of carbonyl (C=O) groups excluding carboxylic acids is 1. The van der Waals surface area contributed by atoms with Crippen LogP contribution in [0.2, 0.25) is 0 Å². The zero-order valence-electron chi connectivity index (χ0n) is 10.7. The van der Waals surface area contributed by atoms with Gasteiger partial charge in [0.05, 0.1) is 6.61 Å². The summed E-state index contributed by atoms with van der Waals surface area (Å²) in [6, 6.07) is 0. The Labute approximate surface area is 98.2 Å². The Balaban J connectivity index is 2.73. The second-order valence-electron chi connectivity index (χ2n) is 4.97. The van der Waals surface area contributed by atoms with Crippen molar-refractivity contribution in [1.82, 2.24) is 0 Å². The van der Waals surface area contributed by atoms with Crippen molar-refractivity contribution in [2.45, 2.75) is 58.5 Å². The van der Waals surface area contributed by atoms with Gasteiger partial charge in [-0.05, 0) is 38.0 Å². The van der Waals surface area contributed by atoms with E-state index in [4.69, 9.17) is 4.74 Å². The third-order valence-corrected chi connectivity index (χ3v) is 3.78. The van der Waals surface area contributed by atoms with Crippen LogP contribution in [0.3, 0.4) is 0 Å². The number of carbonyl (C=O) groups is 1. The average molecular weight is 228 g/mol. The van der Waals surface area contributed by atoms with Gasteiger partial charge in [0.2, 0.25) is 0 Å². The van der Waals surface area contributed by atoms with E-state index in [1.807, 2.05) is 6.92 Å². The molecule has 3 unspecified atom stereocenters. The number of ether oxygens (including phenoxy) is 1. The number of rotatable bonds is 4. The van der Waals surface area contributed by atoms with E-state index in [9.17, 15) is 9.90 Å². The Morgan fingerprint density at radius 2 is 2.12 bits per heavy atom. The monoisotopic (exact) mass is 228 g/mol. The predicted octanol–water partition coefficient (Wildman–Crippen LogP) is 2.52. The average Bonchev–Trinajstić information content (AvgIpc) is 2.28. The molecule has 0 radical (unpaired) electrons. The molecule has 0 aromatic rings. The van der Waals surface area contributed by atoms with Crippen molar-refractivity contribution in [3.05, 3.63) is 0 Å². The maximum absolute atomic E-state index is 11.8. The van der Waals surface area contributed by atoms with Crippen molar-refractivity contribution >= 4 is 5.97 Å². The van der Waals surface area contributed by atoms with E-state index in [0.29, 0.717) is 18.9 Å². The topological polar surface area (TPSA) is 46.5 Å². The summed E-state index contributed by atoms with van der Waals surface area (Å²) in [5.41, 5.74) is -1.26. The molecule has 3 heteroatoms. The lowest BCUT2D eigenvalue weighted by Crippen LogP contribution is -2.48. The molecule has 0 bridgehead atoms. The summed E-state index contributed by atoms with van der Waals surface area (Å²) in [6.07, 6.45) is 4.63. The van der Waals surface area contributed by atoms with E-state index in [-0.39, 0.29) is 5.92 Å². The molecular weight excluding hydrogens is 204 g/mol. The fourth-order valence-corrected chi connectivity index (χ4v) is 2.72. The van der Waals surface area contributed by atoms with Crippen LogP contribution in [0.5, 0.6) is 0 Å². The summed E-state index contributed by atoms with van der Waals surface area (Å²) >= 11 is 0. The standard InChI is InChI=1S/C13H24O3/c1-4-13(15,12(14)16-5-2)11-8-6-7-10(3)9-11/h10-11,15H,4-9H2,1-3H3. The Hall–Kier alpha value is -0.570. The summed E-state index contributed by atoms with van der Waals surface area (Å²) in [5, 5.41) is 10.5. The minimum Gasteiger partial charge on any atom is -0.464 e. The first-order chi connectivity index (χ1) is 7.54. The Morgan fingerprint density at radius 1 is 1.44 bits per heavy atom. The van der Waals surface area contributed by atoms with E-state index in [0.717, 1.165) is 19.3 Å². The zero-order valence-corrected chi connectivity index (χ0v) is 10.7. The van der Waals surface area contributed by atoms with Crippen LogP contribution >= 0.6 is 0 Å². The SMILES string of the molecule is CCOC(=O)C(O)(CC)C1CCCC(C)C1. The van der Waals surface area contributed by atoms with Crippen LogP contribution in [0.1, 0.15) is 52.9 Å². The molecule has 16 heavy (non-hydrogen) atoms. The van der Waals surface area contributed by atoms with E-state index < -0.39 is 11.6 Å². The molecule has 0 heterocycles. The molecule has 1 N–H and O–H groups in total. The molecule has 1 aliphatic carbocycles. The van der Waals surface area contributed by atoms with Crippen molar-refractivity contribution < 1.29 is 14.6 Å². The molecule has 3 nitrogen and oxygen atoms in total. The lowest BCUT2D eigenvalue weighted by molar-refractivity contribution is -0.174. The maximum Gasteiger partial charge on any atom is 0.338 e. The van der Waals surface area contributed by atoms with Gasteiger partial charge in [0.1, 0.15) is 0 Å². The van der Waals surface area contributed by atoms with Crippen LogP contribution in [0.15, 0.2) is 0 Å². The Morgan fingerprint density at radius 3 is 2.62 bits per heavy atom. The molecule has 3 atom stereocenters. The van der Waals surface area contributed by atoms with Gasteiger partial charge in [0.15, 0.2) is 5.60 Å². The molecule has 0 saturated heterocycles. The van der Waals surface area contributed by atoms with Crippen molar-refractivity contribution in [1.29, 1.82) is 0 Å². The van der Waals surface area contributed by atoms with Gasteiger partial charge in [-0.15, -0.1) is 0 Å². The third-order valence-electron chi connectivity index (χ3n) is 3.78. The predicted molar refractivity (Wildman–Crippen MR) is 63.0 cm³/mol. The second kappa shape index (κ2) is 5.67. The van der Waals surface area contributed by atoms with Gasteiger partial charge in [-0.1, -0.05) is 26.7 Å². The van der Waals surface area contributed by atoms with Crippen LogP contribution in [-0.2, 0) is 9.53 Å². The largest absolute Gasteiger partial charge is 0.464 e. The first-order valence-electron chi connectivity index (χ1n) is 6.44. The minimum atomic E-state index is -1.26. The molecular formula is C13H24O3. The van der Waals surface area contributed by atoms with Crippen molar-refractivity contribution in [3.63, 3.8) is 0 Å². The van der Waals surface area contributed by atoms with Crippen LogP contribution < -0.4 is 0 Å². The van der Waals surface area contributed by atoms with Gasteiger partial charge in [-0.3, -0.25) is 0 Å². The van der Waals surface area contributed by atoms with E-state index in [1.165, 1.54) is 6.42 Å². The Bertz CT molecular complexity index is 239. The molecule has 0 aliphatic heterocycles. The summed E-state index contributed by atoms with van der Waals surface area (Å²) in [5.74, 6) is 0.239. The van der Waals surface area contributed by atoms with Gasteiger partial charge >= 0.3 is 5.97 Å². The van der Waals surface area contributed by atoms with Gasteiger partial charge in [0, 0.05) is 0 Å². The summed E-state index contributed by atoms with van der Waals surface area (Å²) in [4.78, 5) is 11.8. The summed E-state index contributed by atoms with van der Waals surface area (Å²) in [6.45, 7) is 6.16. The fraction of sp³-hybridized carbons (Fsp3) is 0.923. The molecule has 1 fully saturated rings. The molecule has 1 aliphatic rings. The molecule has 0 aromatic heterocycles. The third kappa shape index (κ3) is 2.76. The van der Waals surface area contributed by atoms with E-state index in [2.05, 4.69) is 6.92 Å². The lowest BCUT2D eigenvalue weighted by atomic mass is 9.72. The highest BCUT2D eigenvalue weighted by molar-refractivity contribution is 5.79. The minimum absolute atomic E-state index is 0.0697. The molecule has 94 valence electrons. The van der Waals surface area contributed by atoms with Gasteiger partial charge in [-0.25, -0.2) is 4.79 Å². The molecule has 1 saturated carbocycles. The lowest BCUT2D eigenvalue weighted by Gasteiger charge is -2.37. The smallest absolute Gasteiger partial charge is 0.338 e. The first-order valence-corrected chi connectivity index (χ1v) is 6.44. The molecule has 0 amide bonds. The second-order valence-corrected chi connectivity index (χ2v) is 4.97. The zero-order chi connectivity index (χ0) is 12.2. The highest BCUT2D eigenvalue weighted by atomic mass is 16.5. The van der Waals surface area contributed by atoms with Gasteiger partial charge in [-0.2, -0.15) is 0 Å². The van der Waals surface area contributed by atoms with Gasteiger partial charge in [0.25, 0.3) is 0 Å². The molecule has 1 rings (SSSR count). The summed E-state index contributed by atoms with van der Waals surface area (Å²) in [7, 11) is 0.